The molecule has 1 saturated heterocycles. The quantitative estimate of drug-likeness (QED) is 0.818. The van der Waals surface area contributed by atoms with E-state index in [1.54, 1.807) is 6.33 Å². The first-order chi connectivity index (χ1) is 12.4. The highest BCUT2D eigenvalue weighted by molar-refractivity contribution is 5.78. The van der Waals surface area contributed by atoms with E-state index in [0.29, 0.717) is 24.7 Å². The second-order valence-corrected chi connectivity index (χ2v) is 8.37. The minimum atomic E-state index is 0.148. The van der Waals surface area contributed by atoms with Crippen LogP contribution in [0.15, 0.2) is 6.33 Å². The zero-order valence-corrected chi connectivity index (χ0v) is 16.3. The van der Waals surface area contributed by atoms with Crippen LogP contribution in [0.2, 0.25) is 0 Å². The normalized spacial score (nSPS) is 24.8. The van der Waals surface area contributed by atoms with E-state index < -0.39 is 0 Å². The molecule has 144 valence electrons. The molecular weight excluding hydrogens is 328 g/mol. The number of nitrogens with one attached hydrogen (secondary N) is 2. The van der Waals surface area contributed by atoms with Gasteiger partial charge in [0.25, 0.3) is 0 Å². The van der Waals surface area contributed by atoms with Crippen LogP contribution in [-0.2, 0) is 16.0 Å². The Morgan fingerprint density at radius 1 is 1.35 bits per heavy atom. The van der Waals surface area contributed by atoms with Crippen molar-refractivity contribution >= 4 is 11.8 Å². The van der Waals surface area contributed by atoms with Gasteiger partial charge in [-0.2, -0.15) is 0 Å². The number of aryl methyl sites for hydroxylation is 1. The predicted octanol–water partition coefficient (Wildman–Crippen LogP) is 2.44. The molecule has 1 aliphatic heterocycles. The van der Waals surface area contributed by atoms with Crippen LogP contribution < -0.4 is 5.32 Å². The lowest BCUT2D eigenvalue weighted by Crippen LogP contribution is -2.46. The lowest BCUT2D eigenvalue weighted by molar-refractivity contribution is -0.132. The van der Waals surface area contributed by atoms with Gasteiger partial charge in [0.15, 0.2) is 0 Å². The number of nitrogens with zero attached hydrogens (tertiary/aromatic N) is 2. The van der Waals surface area contributed by atoms with Crippen LogP contribution in [-0.4, -0.2) is 45.8 Å². The van der Waals surface area contributed by atoms with E-state index in [2.05, 4.69) is 29.1 Å². The summed E-state index contributed by atoms with van der Waals surface area (Å²) in [5.41, 5.74) is 1.80. The van der Waals surface area contributed by atoms with E-state index in [4.69, 9.17) is 0 Å². The number of piperidine rings is 1. The second-order valence-electron chi connectivity index (χ2n) is 8.37. The molecule has 0 radical (unpaired) electrons. The third-order valence-corrected chi connectivity index (χ3v) is 6.19. The number of amides is 2. The Bertz CT molecular complexity index is 628. The number of H-pyrrole nitrogens is 1. The number of hydrogen-bond donors (Lipinski definition) is 2. The molecule has 0 unspecified atom stereocenters. The van der Waals surface area contributed by atoms with E-state index in [9.17, 15) is 9.59 Å². The van der Waals surface area contributed by atoms with Crippen molar-refractivity contribution in [3.05, 3.63) is 17.7 Å². The molecule has 6 heteroatoms. The Morgan fingerprint density at radius 2 is 2.04 bits per heavy atom. The summed E-state index contributed by atoms with van der Waals surface area (Å²) >= 11 is 0. The molecule has 3 rings (SSSR count). The third kappa shape index (κ3) is 4.65. The number of imidazole rings is 1. The van der Waals surface area contributed by atoms with E-state index in [-0.39, 0.29) is 17.9 Å². The minimum absolute atomic E-state index is 0.148. The molecule has 1 aliphatic carbocycles. The fourth-order valence-corrected chi connectivity index (χ4v) is 4.40. The maximum atomic E-state index is 12.5. The number of likely N-dealkylation sites (tertiary alicyclic amines) is 1. The Hall–Kier alpha value is -1.85. The number of hydrogen-bond acceptors (Lipinski definition) is 3. The van der Waals surface area contributed by atoms with Gasteiger partial charge in [-0.25, -0.2) is 4.98 Å². The summed E-state index contributed by atoms with van der Waals surface area (Å²) in [7, 11) is 0. The Kier molecular flexibility index (Phi) is 5.99. The summed E-state index contributed by atoms with van der Waals surface area (Å²) in [4.78, 5) is 33.8. The van der Waals surface area contributed by atoms with Gasteiger partial charge < -0.3 is 15.2 Å². The van der Waals surface area contributed by atoms with Gasteiger partial charge in [-0.05, 0) is 57.3 Å². The molecule has 1 aromatic rings. The van der Waals surface area contributed by atoms with Gasteiger partial charge in [0.2, 0.25) is 11.8 Å². The van der Waals surface area contributed by atoms with Gasteiger partial charge >= 0.3 is 0 Å². The molecule has 1 saturated carbocycles. The first-order valence-corrected chi connectivity index (χ1v) is 9.98. The fraction of sp³-hybridized carbons (Fsp3) is 0.750. The maximum absolute atomic E-state index is 12.5. The smallest absolute Gasteiger partial charge is 0.228 e. The van der Waals surface area contributed by atoms with Crippen LogP contribution in [0.3, 0.4) is 0 Å². The van der Waals surface area contributed by atoms with E-state index in [0.717, 1.165) is 43.2 Å². The second kappa shape index (κ2) is 8.23. The zero-order chi connectivity index (χ0) is 18.7. The standard InChI is InChI=1S/C20H32N4O2/c1-13-8-16(9-13)10-19(25)23-14(2)17-4-6-24(7-5-17)20(26)11-18-15(3)21-12-22-18/h12-14,16-17H,4-11H2,1-3H3,(H,21,22)(H,23,25)/t13?,14-,16?/m1/s1. The molecule has 6 nitrogen and oxygen atoms in total. The summed E-state index contributed by atoms with van der Waals surface area (Å²) in [5, 5.41) is 3.19. The van der Waals surface area contributed by atoms with Gasteiger partial charge in [-0.15, -0.1) is 0 Å². The van der Waals surface area contributed by atoms with Crippen molar-refractivity contribution in [2.24, 2.45) is 17.8 Å². The van der Waals surface area contributed by atoms with Gasteiger partial charge in [0.05, 0.1) is 18.4 Å². The summed E-state index contributed by atoms with van der Waals surface area (Å²) in [6.45, 7) is 7.84. The third-order valence-electron chi connectivity index (χ3n) is 6.19. The number of aromatic amines is 1. The highest BCUT2D eigenvalue weighted by Gasteiger charge is 2.30. The van der Waals surface area contributed by atoms with Crippen LogP contribution in [0.25, 0.3) is 0 Å². The van der Waals surface area contributed by atoms with Gasteiger partial charge in [-0.3, -0.25) is 9.59 Å². The van der Waals surface area contributed by atoms with Crippen LogP contribution in [0, 0.1) is 24.7 Å². The number of carbonyl (C=O) groups is 2. The van der Waals surface area contributed by atoms with Crippen molar-refractivity contribution in [1.29, 1.82) is 0 Å². The lowest BCUT2D eigenvalue weighted by atomic mass is 9.74. The summed E-state index contributed by atoms with van der Waals surface area (Å²) in [5.74, 6) is 2.17. The zero-order valence-electron chi connectivity index (χ0n) is 16.3. The maximum Gasteiger partial charge on any atom is 0.228 e. The largest absolute Gasteiger partial charge is 0.353 e. The van der Waals surface area contributed by atoms with Crippen LogP contribution in [0.1, 0.15) is 57.3 Å². The Morgan fingerprint density at radius 3 is 2.62 bits per heavy atom. The first-order valence-electron chi connectivity index (χ1n) is 9.98. The SMILES string of the molecule is Cc1[nH]cnc1CC(=O)N1CCC([C@@H](C)NC(=O)CC2CC(C)C2)CC1. The number of carbonyl (C=O) groups excluding carboxylic acids is 2. The molecule has 2 amide bonds. The van der Waals surface area contributed by atoms with Crippen LogP contribution >= 0.6 is 0 Å². The average molecular weight is 361 g/mol. The molecule has 2 N–H and O–H groups in total. The van der Waals surface area contributed by atoms with Crippen molar-refractivity contribution < 1.29 is 9.59 Å². The van der Waals surface area contributed by atoms with Gasteiger partial charge in [0, 0.05) is 31.2 Å². The number of rotatable bonds is 6. The van der Waals surface area contributed by atoms with E-state index in [1.165, 1.54) is 12.8 Å². The van der Waals surface area contributed by atoms with E-state index in [1.807, 2.05) is 11.8 Å². The molecular formula is C20H32N4O2. The monoisotopic (exact) mass is 360 g/mol. The molecule has 0 bridgehead atoms. The summed E-state index contributed by atoms with van der Waals surface area (Å²) < 4.78 is 0. The molecule has 1 aromatic heterocycles. The van der Waals surface area contributed by atoms with Crippen molar-refractivity contribution in [3.8, 4) is 0 Å². The van der Waals surface area contributed by atoms with E-state index >= 15 is 0 Å². The molecule has 2 fully saturated rings. The van der Waals surface area contributed by atoms with Crippen molar-refractivity contribution in [1.82, 2.24) is 20.2 Å². The van der Waals surface area contributed by atoms with Crippen molar-refractivity contribution in [3.63, 3.8) is 0 Å². The Labute approximate surface area is 156 Å². The highest BCUT2D eigenvalue weighted by Crippen LogP contribution is 2.35. The Balaban J connectivity index is 1.39. The fourth-order valence-electron chi connectivity index (χ4n) is 4.40. The van der Waals surface area contributed by atoms with Crippen LogP contribution in [0.4, 0.5) is 0 Å². The average Bonchev–Trinajstić information content (AvgIpc) is 2.98. The summed E-state index contributed by atoms with van der Waals surface area (Å²) in [6, 6.07) is 0.186. The molecule has 1 atom stereocenters. The first kappa shape index (κ1) is 18.9. The van der Waals surface area contributed by atoms with Gasteiger partial charge in [0.1, 0.15) is 0 Å². The van der Waals surface area contributed by atoms with Gasteiger partial charge in [-0.1, -0.05) is 6.92 Å². The molecule has 26 heavy (non-hydrogen) atoms. The summed E-state index contributed by atoms with van der Waals surface area (Å²) in [6.07, 6.45) is 6.97. The number of aromatic nitrogens is 2. The molecule has 0 aromatic carbocycles. The lowest BCUT2D eigenvalue weighted by Gasteiger charge is -2.36. The van der Waals surface area contributed by atoms with Crippen molar-refractivity contribution in [2.75, 3.05) is 13.1 Å². The topological polar surface area (TPSA) is 78.1 Å². The minimum Gasteiger partial charge on any atom is -0.353 e. The van der Waals surface area contributed by atoms with Crippen LogP contribution in [0.5, 0.6) is 0 Å². The predicted molar refractivity (Wildman–Crippen MR) is 100 cm³/mol. The molecule has 2 heterocycles. The van der Waals surface area contributed by atoms with Crippen molar-refractivity contribution in [2.45, 2.75) is 65.3 Å². The molecule has 2 aliphatic rings. The highest BCUT2D eigenvalue weighted by atomic mass is 16.2. The molecule has 0 spiro atoms.